The van der Waals surface area contributed by atoms with Gasteiger partial charge in [0.25, 0.3) is 0 Å². The maximum absolute atomic E-state index is 12.6. The molecule has 2 heterocycles. The van der Waals surface area contributed by atoms with Gasteiger partial charge in [0, 0.05) is 31.9 Å². The van der Waals surface area contributed by atoms with E-state index in [4.69, 9.17) is 0 Å². The summed E-state index contributed by atoms with van der Waals surface area (Å²) in [4.78, 5) is 26.2. The number of amides is 3. The van der Waals surface area contributed by atoms with Crippen molar-refractivity contribution in [2.75, 3.05) is 20.1 Å². The molecule has 0 saturated carbocycles. The number of hydrogen-bond donors (Lipinski definition) is 2. The summed E-state index contributed by atoms with van der Waals surface area (Å²) >= 11 is 0. The highest BCUT2D eigenvalue weighted by molar-refractivity contribution is 5.80. The Bertz CT molecular complexity index is 632. The molecule has 1 aromatic heterocycles. The van der Waals surface area contributed by atoms with Crippen LogP contribution in [0.25, 0.3) is 0 Å². The fraction of sp³-hybridized carbons (Fsp3) is 0.722. The summed E-state index contributed by atoms with van der Waals surface area (Å²) in [6, 6.07) is -0.256. The zero-order valence-electron chi connectivity index (χ0n) is 16.2. The van der Waals surface area contributed by atoms with Crippen LogP contribution < -0.4 is 10.6 Å². The normalized spacial score (nSPS) is 19.4. The minimum atomic E-state index is -0.135. The number of aryl methyl sites for hydroxylation is 1. The first-order valence-electron chi connectivity index (χ1n) is 8.97. The van der Waals surface area contributed by atoms with E-state index in [0.717, 1.165) is 24.1 Å². The molecular weight excluding hydrogens is 318 g/mol. The second kappa shape index (κ2) is 7.45. The lowest BCUT2D eigenvalue weighted by Crippen LogP contribution is -2.49. The lowest BCUT2D eigenvalue weighted by atomic mass is 9.97. The average Bonchev–Trinajstić information content (AvgIpc) is 2.96. The number of carbonyl (C=O) groups excluding carboxylic acids is 2. The van der Waals surface area contributed by atoms with Crippen molar-refractivity contribution in [1.29, 1.82) is 0 Å². The van der Waals surface area contributed by atoms with Gasteiger partial charge in [-0.15, -0.1) is 0 Å². The van der Waals surface area contributed by atoms with Crippen LogP contribution in [-0.2, 0) is 10.3 Å². The largest absolute Gasteiger partial charge is 0.359 e. The lowest BCUT2D eigenvalue weighted by Gasteiger charge is -2.32. The summed E-state index contributed by atoms with van der Waals surface area (Å²) in [5, 5.41) is 10.3. The van der Waals surface area contributed by atoms with Gasteiger partial charge >= 0.3 is 6.03 Å². The molecule has 2 N–H and O–H groups in total. The summed E-state index contributed by atoms with van der Waals surface area (Å²) in [6.45, 7) is 11.4. The molecule has 0 radical (unpaired) electrons. The number of rotatable bonds is 3. The van der Waals surface area contributed by atoms with Crippen molar-refractivity contribution in [3.63, 3.8) is 0 Å². The lowest BCUT2D eigenvalue weighted by molar-refractivity contribution is -0.125. The summed E-state index contributed by atoms with van der Waals surface area (Å²) in [5.41, 5.74) is 1.84. The molecule has 7 nitrogen and oxygen atoms in total. The number of nitrogens with one attached hydrogen (secondary N) is 2. The van der Waals surface area contributed by atoms with Crippen LogP contribution in [0.2, 0.25) is 0 Å². The predicted octanol–water partition coefficient (Wildman–Crippen LogP) is 2.18. The van der Waals surface area contributed by atoms with Gasteiger partial charge in [-0.25, -0.2) is 4.79 Å². The van der Waals surface area contributed by atoms with Gasteiger partial charge in [-0.05, 0) is 47.5 Å². The molecule has 0 aromatic carbocycles. The third-order valence-corrected chi connectivity index (χ3v) is 4.76. The van der Waals surface area contributed by atoms with Gasteiger partial charge in [-0.1, -0.05) is 0 Å². The van der Waals surface area contributed by atoms with Crippen LogP contribution in [0.3, 0.4) is 0 Å². The number of carbonyl (C=O) groups is 2. The Balaban J connectivity index is 2.03. The standard InChI is InChI=1S/C18H31N5O2/c1-12(15-11-23(18(3,4)5)21-13(15)2)20-17(25)22-9-7-8-14(10-22)16(24)19-6/h11-12,14H,7-10H2,1-6H3,(H,19,24)(H,20,25). The van der Waals surface area contributed by atoms with E-state index in [0.29, 0.717) is 13.1 Å². The van der Waals surface area contributed by atoms with Crippen LogP contribution in [-0.4, -0.2) is 46.8 Å². The highest BCUT2D eigenvalue weighted by atomic mass is 16.2. The number of likely N-dealkylation sites (tertiary alicyclic amines) is 1. The molecule has 1 aromatic rings. The Morgan fingerprint density at radius 2 is 2.04 bits per heavy atom. The molecule has 1 aliphatic heterocycles. The number of urea groups is 1. The van der Waals surface area contributed by atoms with Crippen molar-refractivity contribution < 1.29 is 9.59 Å². The van der Waals surface area contributed by atoms with E-state index in [2.05, 4.69) is 36.5 Å². The van der Waals surface area contributed by atoms with Crippen molar-refractivity contribution in [3.8, 4) is 0 Å². The molecule has 140 valence electrons. The third kappa shape index (κ3) is 4.52. The first-order chi connectivity index (χ1) is 11.6. The van der Waals surface area contributed by atoms with Crippen LogP contribution in [0, 0.1) is 12.8 Å². The molecule has 2 rings (SSSR count). The maximum atomic E-state index is 12.6. The van der Waals surface area contributed by atoms with E-state index in [-0.39, 0.29) is 29.4 Å². The van der Waals surface area contributed by atoms with E-state index >= 15 is 0 Å². The molecule has 1 saturated heterocycles. The Morgan fingerprint density at radius 1 is 1.36 bits per heavy atom. The zero-order valence-corrected chi connectivity index (χ0v) is 16.2. The van der Waals surface area contributed by atoms with Crippen molar-refractivity contribution >= 4 is 11.9 Å². The van der Waals surface area contributed by atoms with Gasteiger partial charge in [0.1, 0.15) is 0 Å². The van der Waals surface area contributed by atoms with E-state index in [1.807, 2.05) is 24.7 Å². The predicted molar refractivity (Wildman–Crippen MR) is 97.3 cm³/mol. The van der Waals surface area contributed by atoms with Crippen molar-refractivity contribution in [1.82, 2.24) is 25.3 Å². The molecule has 2 atom stereocenters. The Labute approximate surface area is 150 Å². The average molecular weight is 349 g/mol. The van der Waals surface area contributed by atoms with E-state index in [9.17, 15) is 9.59 Å². The fourth-order valence-electron chi connectivity index (χ4n) is 3.18. The van der Waals surface area contributed by atoms with E-state index in [1.165, 1.54) is 0 Å². The van der Waals surface area contributed by atoms with Crippen molar-refractivity contribution in [3.05, 3.63) is 17.5 Å². The third-order valence-electron chi connectivity index (χ3n) is 4.76. The number of piperidine rings is 1. The summed E-state index contributed by atoms with van der Waals surface area (Å²) in [5.74, 6) is -0.113. The number of nitrogens with zero attached hydrogens (tertiary/aromatic N) is 3. The monoisotopic (exact) mass is 349 g/mol. The van der Waals surface area contributed by atoms with Crippen molar-refractivity contribution in [2.45, 2.75) is 59.0 Å². The first-order valence-corrected chi connectivity index (χ1v) is 8.97. The van der Waals surface area contributed by atoms with Crippen molar-refractivity contribution in [2.24, 2.45) is 5.92 Å². The van der Waals surface area contributed by atoms with Crippen LogP contribution in [0.5, 0.6) is 0 Å². The molecule has 1 fully saturated rings. The van der Waals surface area contributed by atoms with Gasteiger partial charge in [0.15, 0.2) is 0 Å². The molecule has 2 unspecified atom stereocenters. The molecule has 25 heavy (non-hydrogen) atoms. The van der Waals surface area contributed by atoms with Gasteiger partial charge in [0.2, 0.25) is 5.91 Å². The molecule has 7 heteroatoms. The Kier molecular flexibility index (Phi) is 5.75. The first kappa shape index (κ1) is 19.3. The highest BCUT2D eigenvalue weighted by Crippen LogP contribution is 2.22. The molecule has 0 spiro atoms. The molecule has 0 bridgehead atoms. The quantitative estimate of drug-likeness (QED) is 0.878. The van der Waals surface area contributed by atoms with Gasteiger partial charge in [0.05, 0.1) is 23.2 Å². The van der Waals surface area contributed by atoms with Gasteiger partial charge < -0.3 is 15.5 Å². The number of aromatic nitrogens is 2. The maximum Gasteiger partial charge on any atom is 0.317 e. The minimum Gasteiger partial charge on any atom is -0.359 e. The second-order valence-corrected chi connectivity index (χ2v) is 7.86. The van der Waals surface area contributed by atoms with Crippen LogP contribution in [0.15, 0.2) is 6.20 Å². The summed E-state index contributed by atoms with van der Waals surface area (Å²) < 4.78 is 1.93. The Morgan fingerprint density at radius 3 is 2.60 bits per heavy atom. The zero-order chi connectivity index (χ0) is 18.8. The van der Waals surface area contributed by atoms with Crippen LogP contribution in [0.4, 0.5) is 4.79 Å². The van der Waals surface area contributed by atoms with Gasteiger partial charge in [-0.2, -0.15) is 5.10 Å². The second-order valence-electron chi connectivity index (χ2n) is 7.86. The topological polar surface area (TPSA) is 79.3 Å². The summed E-state index contributed by atoms with van der Waals surface area (Å²) in [6.07, 6.45) is 3.68. The summed E-state index contributed by atoms with van der Waals surface area (Å²) in [7, 11) is 1.64. The highest BCUT2D eigenvalue weighted by Gasteiger charge is 2.29. The molecular formula is C18H31N5O2. The van der Waals surface area contributed by atoms with Gasteiger partial charge in [-0.3, -0.25) is 9.48 Å². The van der Waals surface area contributed by atoms with Crippen LogP contribution >= 0.6 is 0 Å². The molecule has 0 aliphatic carbocycles. The molecule has 3 amide bonds. The van der Waals surface area contributed by atoms with Crippen LogP contribution in [0.1, 0.15) is 57.8 Å². The Hall–Kier alpha value is -2.05. The SMILES string of the molecule is CNC(=O)C1CCCN(C(=O)NC(C)c2cn(C(C)(C)C)nc2C)C1. The fourth-order valence-corrected chi connectivity index (χ4v) is 3.18. The smallest absolute Gasteiger partial charge is 0.317 e. The van der Waals surface area contributed by atoms with E-state index in [1.54, 1.807) is 11.9 Å². The van der Waals surface area contributed by atoms with E-state index < -0.39 is 0 Å². The minimum absolute atomic E-state index is 0.00727. The number of hydrogen-bond acceptors (Lipinski definition) is 3. The molecule has 1 aliphatic rings.